The molecule has 2 atom stereocenters. The average molecular weight is 253 g/mol. The number of hydrogen-bond acceptors (Lipinski definition) is 1. The Hall–Kier alpha value is -1.58. The minimum absolute atomic E-state index is 0.198. The van der Waals surface area contributed by atoms with Crippen molar-refractivity contribution < 1.29 is 13.2 Å². The predicted molar refractivity (Wildman–Crippen MR) is 66.6 cm³/mol. The molecule has 0 amide bonds. The van der Waals surface area contributed by atoms with Gasteiger partial charge in [-0.05, 0) is 18.9 Å². The zero-order valence-electron chi connectivity index (χ0n) is 9.77. The van der Waals surface area contributed by atoms with Gasteiger partial charge in [-0.15, -0.1) is 0 Å². The van der Waals surface area contributed by atoms with Crippen LogP contribution in [0.25, 0.3) is 0 Å². The Balaban J connectivity index is 2.00. The summed E-state index contributed by atoms with van der Waals surface area (Å²) in [4.78, 5) is 4.23. The van der Waals surface area contributed by atoms with Gasteiger partial charge in [-0.3, -0.25) is 4.99 Å². The van der Waals surface area contributed by atoms with E-state index in [1.807, 2.05) is 24.3 Å². The van der Waals surface area contributed by atoms with Crippen molar-refractivity contribution >= 4 is 6.21 Å². The maximum Gasteiger partial charge on any atom is 0.416 e. The van der Waals surface area contributed by atoms with Gasteiger partial charge in [0, 0.05) is 12.1 Å². The normalized spacial score (nSPS) is 27.8. The molecule has 0 aromatic rings. The molecule has 0 bridgehead atoms. The van der Waals surface area contributed by atoms with Crippen LogP contribution >= 0.6 is 0 Å². The molecule has 18 heavy (non-hydrogen) atoms. The third-order valence-corrected chi connectivity index (χ3v) is 2.86. The molecule has 0 aliphatic heterocycles. The van der Waals surface area contributed by atoms with Crippen LogP contribution in [0.3, 0.4) is 0 Å². The van der Waals surface area contributed by atoms with Crippen LogP contribution in [0.2, 0.25) is 0 Å². The van der Waals surface area contributed by atoms with Crippen LogP contribution in [0.1, 0.15) is 12.8 Å². The third-order valence-electron chi connectivity index (χ3n) is 2.86. The molecule has 0 spiro atoms. The fourth-order valence-corrected chi connectivity index (χ4v) is 1.89. The first kappa shape index (κ1) is 12.9. The molecular formula is C14H14F3N. The summed E-state index contributed by atoms with van der Waals surface area (Å²) in [6.07, 6.45) is 10.6. The summed E-state index contributed by atoms with van der Waals surface area (Å²) in [5.74, 6) is 0.198. The first-order chi connectivity index (χ1) is 8.55. The Bertz CT molecular complexity index is 438. The molecule has 2 aliphatic carbocycles. The van der Waals surface area contributed by atoms with Crippen molar-refractivity contribution in [2.24, 2.45) is 10.9 Å². The van der Waals surface area contributed by atoms with Gasteiger partial charge in [-0.2, -0.15) is 13.2 Å². The minimum Gasteiger partial charge on any atom is -0.289 e. The average Bonchev–Trinajstić information content (AvgIpc) is 2.37. The third kappa shape index (κ3) is 3.45. The molecular weight excluding hydrogens is 239 g/mol. The topological polar surface area (TPSA) is 12.4 Å². The van der Waals surface area contributed by atoms with E-state index in [0.29, 0.717) is 6.42 Å². The molecule has 0 saturated heterocycles. The van der Waals surface area contributed by atoms with Gasteiger partial charge >= 0.3 is 6.18 Å². The highest BCUT2D eigenvalue weighted by Crippen LogP contribution is 2.30. The first-order valence-corrected chi connectivity index (χ1v) is 5.88. The fourth-order valence-electron chi connectivity index (χ4n) is 1.89. The van der Waals surface area contributed by atoms with Gasteiger partial charge in [0.05, 0.1) is 11.6 Å². The lowest BCUT2D eigenvalue weighted by molar-refractivity contribution is -0.0887. The molecule has 0 saturated carbocycles. The maximum atomic E-state index is 12.5. The Morgan fingerprint density at radius 3 is 2.67 bits per heavy atom. The summed E-state index contributed by atoms with van der Waals surface area (Å²) in [5.41, 5.74) is -0.602. The number of halogens is 3. The van der Waals surface area contributed by atoms with E-state index >= 15 is 0 Å². The number of rotatable bonds is 2. The van der Waals surface area contributed by atoms with Gasteiger partial charge < -0.3 is 0 Å². The maximum absolute atomic E-state index is 12.5. The number of hydrogen-bond donors (Lipinski definition) is 0. The molecule has 2 rings (SSSR count). The van der Waals surface area contributed by atoms with Gasteiger partial charge in [0.1, 0.15) is 0 Å². The van der Waals surface area contributed by atoms with Crippen LogP contribution in [0.15, 0.2) is 53.1 Å². The quantitative estimate of drug-likeness (QED) is 0.659. The second-order valence-electron chi connectivity index (χ2n) is 4.34. The molecule has 0 radical (unpaired) electrons. The second kappa shape index (κ2) is 5.38. The fraction of sp³-hybridized carbons (Fsp3) is 0.357. The van der Waals surface area contributed by atoms with Gasteiger partial charge in [-0.25, -0.2) is 0 Å². The monoisotopic (exact) mass is 253 g/mol. The smallest absolute Gasteiger partial charge is 0.289 e. The summed E-state index contributed by atoms with van der Waals surface area (Å²) in [5, 5.41) is 0. The molecule has 2 unspecified atom stereocenters. The van der Waals surface area contributed by atoms with Gasteiger partial charge in [-0.1, -0.05) is 36.5 Å². The number of aliphatic imine (C=N–C) groups is 1. The molecule has 0 heterocycles. The summed E-state index contributed by atoms with van der Waals surface area (Å²) < 4.78 is 37.6. The summed E-state index contributed by atoms with van der Waals surface area (Å²) in [7, 11) is 0. The minimum atomic E-state index is -4.28. The van der Waals surface area contributed by atoms with Crippen molar-refractivity contribution in [1.82, 2.24) is 0 Å². The van der Waals surface area contributed by atoms with E-state index in [0.717, 1.165) is 12.5 Å². The highest BCUT2D eigenvalue weighted by Gasteiger charge is 2.33. The van der Waals surface area contributed by atoms with E-state index in [9.17, 15) is 13.2 Å². The SMILES string of the molecule is FC(F)(F)C1=CC(/N=C/C2C=CC=CC2)CC=C1. The predicted octanol–water partition coefficient (Wildman–Crippen LogP) is 4.01. The molecule has 1 nitrogen and oxygen atoms in total. The van der Waals surface area contributed by atoms with Crippen LogP contribution < -0.4 is 0 Å². The van der Waals surface area contributed by atoms with E-state index in [1.165, 1.54) is 12.2 Å². The summed E-state index contributed by atoms with van der Waals surface area (Å²) >= 11 is 0. The second-order valence-corrected chi connectivity index (χ2v) is 4.34. The lowest BCUT2D eigenvalue weighted by Crippen LogP contribution is -2.16. The molecule has 2 aliphatic rings. The Morgan fingerprint density at radius 2 is 2.00 bits per heavy atom. The van der Waals surface area contributed by atoms with Crippen molar-refractivity contribution in [3.05, 3.63) is 48.1 Å². The number of nitrogens with zero attached hydrogens (tertiary/aromatic N) is 1. The first-order valence-electron chi connectivity index (χ1n) is 5.88. The number of alkyl halides is 3. The molecule has 96 valence electrons. The van der Waals surface area contributed by atoms with Crippen LogP contribution in [0, 0.1) is 5.92 Å². The van der Waals surface area contributed by atoms with Gasteiger partial charge in [0.2, 0.25) is 0 Å². The Morgan fingerprint density at radius 1 is 1.17 bits per heavy atom. The van der Waals surface area contributed by atoms with Crippen molar-refractivity contribution in [2.45, 2.75) is 25.1 Å². The summed E-state index contributed by atoms with van der Waals surface area (Å²) in [6.45, 7) is 0. The standard InChI is InChI=1S/C14H14F3N/c15-14(16,17)12-7-4-8-13(9-12)18-10-11-5-2-1-3-6-11/h1-5,7,9-11,13H,6,8H2/b18-10+. The summed E-state index contributed by atoms with van der Waals surface area (Å²) in [6, 6.07) is -0.397. The van der Waals surface area contributed by atoms with Crippen molar-refractivity contribution in [1.29, 1.82) is 0 Å². The molecule has 0 aromatic carbocycles. The number of allylic oxidation sites excluding steroid dienone is 6. The molecule has 0 fully saturated rings. The van der Waals surface area contributed by atoms with Gasteiger partial charge in [0.25, 0.3) is 0 Å². The van der Waals surface area contributed by atoms with Crippen LogP contribution in [-0.2, 0) is 0 Å². The van der Waals surface area contributed by atoms with Crippen LogP contribution in [0.4, 0.5) is 13.2 Å². The van der Waals surface area contributed by atoms with E-state index in [-0.39, 0.29) is 5.92 Å². The van der Waals surface area contributed by atoms with Crippen LogP contribution in [0.5, 0.6) is 0 Å². The molecule has 0 N–H and O–H groups in total. The lowest BCUT2D eigenvalue weighted by Gasteiger charge is -2.16. The zero-order chi connectivity index (χ0) is 13.0. The van der Waals surface area contributed by atoms with Crippen molar-refractivity contribution in [2.75, 3.05) is 0 Å². The van der Waals surface area contributed by atoms with Crippen molar-refractivity contribution in [3.63, 3.8) is 0 Å². The molecule has 4 heteroatoms. The highest BCUT2D eigenvalue weighted by molar-refractivity contribution is 5.64. The van der Waals surface area contributed by atoms with E-state index < -0.39 is 17.8 Å². The van der Waals surface area contributed by atoms with Gasteiger partial charge in [0.15, 0.2) is 0 Å². The lowest BCUT2D eigenvalue weighted by atomic mass is 10.0. The van der Waals surface area contributed by atoms with Crippen molar-refractivity contribution in [3.8, 4) is 0 Å². The van der Waals surface area contributed by atoms with E-state index in [4.69, 9.17) is 0 Å². The largest absolute Gasteiger partial charge is 0.416 e. The van der Waals surface area contributed by atoms with Crippen LogP contribution in [-0.4, -0.2) is 18.4 Å². The Labute approximate surface area is 104 Å². The molecule has 0 aromatic heterocycles. The zero-order valence-corrected chi connectivity index (χ0v) is 9.77. The highest BCUT2D eigenvalue weighted by atomic mass is 19.4. The van der Waals surface area contributed by atoms with E-state index in [2.05, 4.69) is 4.99 Å². The Kier molecular flexibility index (Phi) is 3.84. The van der Waals surface area contributed by atoms with E-state index in [1.54, 1.807) is 6.21 Å².